The summed E-state index contributed by atoms with van der Waals surface area (Å²) in [7, 11) is 0. The van der Waals surface area contributed by atoms with Gasteiger partial charge < -0.3 is 14.8 Å². The van der Waals surface area contributed by atoms with Crippen molar-refractivity contribution in [3.05, 3.63) is 0 Å². The fraction of sp³-hybridized carbons (Fsp3) is 0.913. The number of nitrogens with one attached hydrogen (secondary N) is 1. The van der Waals surface area contributed by atoms with Crippen LogP contribution < -0.4 is 5.32 Å². The Morgan fingerprint density at radius 3 is 2.21 bits per heavy atom. The summed E-state index contributed by atoms with van der Waals surface area (Å²) in [5, 5.41) is 3.03. The second-order valence-corrected chi connectivity index (χ2v) is 9.25. The predicted molar refractivity (Wildman–Crippen MR) is 113 cm³/mol. The molecule has 164 valence electrons. The maximum Gasteiger partial charge on any atom is 0.222 e. The average molecular weight is 398 g/mol. The molecule has 5 nitrogen and oxygen atoms in total. The summed E-state index contributed by atoms with van der Waals surface area (Å²) in [5.41, 5.74) is 0. The number of ketones is 1. The minimum Gasteiger partial charge on any atom is -0.381 e. The first kappa shape index (κ1) is 23.3. The van der Waals surface area contributed by atoms with E-state index in [0.717, 1.165) is 32.5 Å². The molecule has 2 aliphatic carbocycles. The Morgan fingerprint density at radius 1 is 1.04 bits per heavy atom. The van der Waals surface area contributed by atoms with Crippen LogP contribution in [0.2, 0.25) is 0 Å². The molecule has 1 N–H and O–H groups in total. The highest BCUT2D eigenvalue weighted by molar-refractivity contribution is 5.84. The van der Waals surface area contributed by atoms with Gasteiger partial charge in [-0.2, -0.15) is 0 Å². The Hall–Kier alpha value is -0.940. The molecule has 2 aliphatic rings. The summed E-state index contributed by atoms with van der Waals surface area (Å²) in [6.45, 7) is 10.3. The van der Waals surface area contributed by atoms with E-state index in [1.807, 2.05) is 13.8 Å². The van der Waals surface area contributed by atoms with E-state index in [2.05, 4.69) is 19.2 Å². The number of rotatable bonds is 12. The van der Waals surface area contributed by atoms with Gasteiger partial charge in [0, 0.05) is 38.9 Å². The zero-order valence-electron chi connectivity index (χ0n) is 18.4. The van der Waals surface area contributed by atoms with Crippen LogP contribution in [0.15, 0.2) is 0 Å². The van der Waals surface area contributed by atoms with Crippen molar-refractivity contribution >= 4 is 11.7 Å². The van der Waals surface area contributed by atoms with Crippen molar-refractivity contribution in [3.63, 3.8) is 0 Å². The second-order valence-electron chi connectivity index (χ2n) is 9.25. The van der Waals surface area contributed by atoms with Gasteiger partial charge in [0.1, 0.15) is 5.78 Å². The first-order chi connectivity index (χ1) is 13.4. The summed E-state index contributed by atoms with van der Waals surface area (Å²) in [4.78, 5) is 23.9. The summed E-state index contributed by atoms with van der Waals surface area (Å²) in [5.74, 6) is 1.94. The highest BCUT2D eigenvalue weighted by Gasteiger charge is 2.35. The fourth-order valence-electron chi connectivity index (χ4n) is 4.14. The van der Waals surface area contributed by atoms with E-state index in [1.165, 1.54) is 25.7 Å². The molecule has 5 heteroatoms. The minimum atomic E-state index is 0. The Bertz CT molecular complexity index is 485. The molecule has 0 heterocycles. The van der Waals surface area contributed by atoms with E-state index >= 15 is 0 Å². The SMILES string of the molecule is CCC(C)OCC1CCC(COCCC(=O)NC2CC(C(=O)C(C)C)C2)CC1.[HH]. The molecule has 0 aromatic carbocycles. The number of amides is 1. The zero-order valence-corrected chi connectivity index (χ0v) is 18.4. The molecule has 0 aromatic heterocycles. The van der Waals surface area contributed by atoms with Crippen LogP contribution in [0.4, 0.5) is 0 Å². The lowest BCUT2D eigenvalue weighted by Gasteiger charge is -2.35. The molecular weight excluding hydrogens is 354 g/mol. The molecule has 0 bridgehead atoms. The molecule has 0 spiro atoms. The van der Waals surface area contributed by atoms with Crippen molar-refractivity contribution in [3.8, 4) is 0 Å². The molecule has 0 aromatic rings. The van der Waals surface area contributed by atoms with Gasteiger partial charge >= 0.3 is 0 Å². The maximum atomic E-state index is 12.0. The van der Waals surface area contributed by atoms with Gasteiger partial charge in [0.15, 0.2) is 0 Å². The summed E-state index contributed by atoms with van der Waals surface area (Å²) in [6, 6.07) is 0.174. The quantitative estimate of drug-likeness (QED) is 0.496. The van der Waals surface area contributed by atoms with Gasteiger partial charge in [-0.25, -0.2) is 0 Å². The number of Topliss-reactive ketones (excluding diaryl/α,β-unsaturated/α-hetero) is 1. The second kappa shape index (κ2) is 11.9. The van der Waals surface area contributed by atoms with Crippen molar-refractivity contribution in [1.29, 1.82) is 0 Å². The molecule has 2 rings (SSSR count). The van der Waals surface area contributed by atoms with E-state index in [4.69, 9.17) is 9.47 Å². The number of ether oxygens (including phenoxy) is 2. The summed E-state index contributed by atoms with van der Waals surface area (Å²) < 4.78 is 11.6. The van der Waals surface area contributed by atoms with E-state index < -0.39 is 0 Å². The van der Waals surface area contributed by atoms with E-state index in [0.29, 0.717) is 36.8 Å². The number of carbonyl (C=O) groups is 2. The van der Waals surface area contributed by atoms with Crippen LogP contribution >= 0.6 is 0 Å². The maximum absolute atomic E-state index is 12.0. The van der Waals surface area contributed by atoms with Gasteiger partial charge in [-0.1, -0.05) is 20.8 Å². The van der Waals surface area contributed by atoms with Gasteiger partial charge in [-0.15, -0.1) is 0 Å². The number of hydrogen-bond acceptors (Lipinski definition) is 4. The largest absolute Gasteiger partial charge is 0.381 e. The normalized spacial score (nSPS) is 28.6. The van der Waals surface area contributed by atoms with Crippen molar-refractivity contribution in [2.45, 2.75) is 91.2 Å². The molecule has 1 amide bonds. The van der Waals surface area contributed by atoms with E-state index in [9.17, 15) is 9.59 Å². The van der Waals surface area contributed by atoms with E-state index in [1.54, 1.807) is 0 Å². The Morgan fingerprint density at radius 2 is 1.64 bits per heavy atom. The van der Waals surface area contributed by atoms with Crippen molar-refractivity contribution in [2.75, 3.05) is 19.8 Å². The van der Waals surface area contributed by atoms with Crippen LogP contribution in [0.1, 0.15) is 80.5 Å². The van der Waals surface area contributed by atoms with Crippen molar-refractivity contribution in [1.82, 2.24) is 5.32 Å². The van der Waals surface area contributed by atoms with Gasteiger partial charge in [0.25, 0.3) is 0 Å². The lowest BCUT2D eigenvalue weighted by Crippen LogP contribution is -2.47. The lowest BCUT2D eigenvalue weighted by molar-refractivity contribution is -0.131. The third kappa shape index (κ3) is 7.82. The molecule has 2 fully saturated rings. The number of carbonyl (C=O) groups excluding carboxylic acids is 2. The van der Waals surface area contributed by atoms with Gasteiger partial charge in [0.2, 0.25) is 5.91 Å². The average Bonchev–Trinajstić information content (AvgIpc) is 2.66. The topological polar surface area (TPSA) is 64.6 Å². The third-order valence-electron chi connectivity index (χ3n) is 6.46. The monoisotopic (exact) mass is 397 g/mol. The summed E-state index contributed by atoms with van der Waals surface area (Å²) in [6.07, 6.45) is 8.31. The third-order valence-corrected chi connectivity index (χ3v) is 6.46. The predicted octanol–water partition coefficient (Wildman–Crippen LogP) is 4.38. The van der Waals surface area contributed by atoms with E-state index in [-0.39, 0.29) is 25.2 Å². The van der Waals surface area contributed by atoms with Crippen LogP contribution in [0.25, 0.3) is 0 Å². The minimum absolute atomic E-state index is 0. The zero-order chi connectivity index (χ0) is 20.5. The first-order valence-electron chi connectivity index (χ1n) is 11.4. The Labute approximate surface area is 172 Å². The molecule has 2 saturated carbocycles. The molecule has 28 heavy (non-hydrogen) atoms. The highest BCUT2D eigenvalue weighted by atomic mass is 16.5. The molecular formula is C23H43NO4. The van der Waals surface area contributed by atoms with Gasteiger partial charge in [-0.3, -0.25) is 9.59 Å². The Balaban J connectivity index is 0.00000420. The van der Waals surface area contributed by atoms with Crippen molar-refractivity contribution in [2.24, 2.45) is 23.7 Å². The van der Waals surface area contributed by atoms with Crippen molar-refractivity contribution < 1.29 is 20.5 Å². The molecule has 1 unspecified atom stereocenters. The molecule has 0 radical (unpaired) electrons. The van der Waals surface area contributed by atoms with Gasteiger partial charge in [0.05, 0.1) is 12.7 Å². The van der Waals surface area contributed by atoms with Gasteiger partial charge in [-0.05, 0) is 63.7 Å². The molecule has 0 aliphatic heterocycles. The highest BCUT2D eigenvalue weighted by Crippen LogP contribution is 2.31. The lowest BCUT2D eigenvalue weighted by atomic mass is 9.75. The number of hydrogen-bond donors (Lipinski definition) is 1. The van der Waals surface area contributed by atoms with Crippen LogP contribution in [0.3, 0.4) is 0 Å². The van der Waals surface area contributed by atoms with Crippen LogP contribution in [0.5, 0.6) is 0 Å². The smallest absolute Gasteiger partial charge is 0.222 e. The van der Waals surface area contributed by atoms with Crippen LogP contribution in [0, 0.1) is 23.7 Å². The van der Waals surface area contributed by atoms with Crippen LogP contribution in [-0.4, -0.2) is 43.7 Å². The first-order valence-corrected chi connectivity index (χ1v) is 11.4. The van der Waals surface area contributed by atoms with Crippen LogP contribution in [-0.2, 0) is 19.1 Å². The fourth-order valence-corrected chi connectivity index (χ4v) is 4.14. The standard InChI is InChI=1S/C23H41NO4.H2/c1-5-17(4)28-15-19-8-6-18(7-9-19)14-27-11-10-22(25)24-21-12-20(13-21)23(26)16(2)3;/h16-21H,5-15H2,1-4H3,(H,24,25);1H. The Kier molecular flexibility index (Phi) is 9.93. The molecule has 1 atom stereocenters. The molecule has 0 saturated heterocycles. The summed E-state index contributed by atoms with van der Waals surface area (Å²) >= 11 is 0.